The maximum Gasteiger partial charge on any atom is 0.472 e. The van der Waals surface area contributed by atoms with Crippen LogP contribution in [-0.2, 0) is 125 Å². The number of fused-ring (bicyclic) bond motifs is 2. The molecule has 4 unspecified atom stereocenters. The highest BCUT2D eigenvalue weighted by atomic mass is 127. The van der Waals surface area contributed by atoms with Crippen molar-refractivity contribution in [3.63, 3.8) is 0 Å². The molecule has 43 heteroatoms. The van der Waals surface area contributed by atoms with E-state index >= 15 is 0 Å². The number of nitrogens with one attached hydrogen (secondary N) is 2. The molecule has 108 heavy (non-hydrogen) atoms. The van der Waals surface area contributed by atoms with Crippen molar-refractivity contribution in [1.29, 1.82) is 0 Å². The van der Waals surface area contributed by atoms with Crippen molar-refractivity contribution < 1.29 is 157 Å². The van der Waals surface area contributed by atoms with Crippen LogP contribution in [0.1, 0.15) is 121 Å². The summed E-state index contributed by atoms with van der Waals surface area (Å²) in [5, 5.41) is 24.0. The van der Waals surface area contributed by atoms with Crippen LogP contribution < -0.4 is 44.1 Å². The lowest BCUT2D eigenvalue weighted by Gasteiger charge is -2.20. The number of carbonyl (C=O) groups excluding carboxylic acids is 4. The van der Waals surface area contributed by atoms with Gasteiger partial charge in [0.05, 0.1) is 147 Å². The molecule has 0 aliphatic carbocycles. The number of aryl methyl sites for hydroxylation is 3. The largest absolute Gasteiger partial charge is 1.00 e. The van der Waals surface area contributed by atoms with Crippen molar-refractivity contribution in [3.05, 3.63) is 95.2 Å². The molecule has 3 aromatic heterocycles. The van der Waals surface area contributed by atoms with Crippen molar-refractivity contribution in [2.24, 2.45) is 0 Å². The maximum absolute atomic E-state index is 12.8. The molecule has 0 spiro atoms. The van der Waals surface area contributed by atoms with Crippen LogP contribution in [0.3, 0.4) is 0 Å². The highest BCUT2D eigenvalue weighted by Gasteiger charge is 2.27. The Hall–Kier alpha value is -5.13. The molecule has 1 aliphatic heterocycles. The molecule has 0 saturated heterocycles. The first-order chi connectivity index (χ1) is 52.1. The fraction of sp³-hybridized carbons (Fsp3) is 0.615. The van der Waals surface area contributed by atoms with Crippen LogP contribution in [0, 0.1) is 0 Å². The van der Waals surface area contributed by atoms with Crippen LogP contribution in [0.4, 0.5) is 15.3 Å². The zero-order chi connectivity index (χ0) is 78.1. The van der Waals surface area contributed by atoms with Crippen LogP contribution in [-0.4, -0.2) is 205 Å². The smallest absolute Gasteiger partial charge is 0.472 e. The Morgan fingerprint density at radius 2 is 0.935 bits per heavy atom. The number of hydrogen-bond donors (Lipinski definition) is 6. The quantitative estimate of drug-likeness (QED) is 0.0121. The van der Waals surface area contributed by atoms with Gasteiger partial charge in [0, 0.05) is 83.0 Å². The molecule has 6 rings (SSSR count). The molecule has 1 aliphatic rings. The number of unbranched alkanes of at least 4 members (excludes halogenated alkanes) is 8. The number of benzene rings is 2. The lowest BCUT2D eigenvalue weighted by molar-refractivity contribution is -0.672. The van der Waals surface area contributed by atoms with Gasteiger partial charge in [-0.05, 0) is 61.9 Å². The van der Waals surface area contributed by atoms with Gasteiger partial charge < -0.3 is 93.0 Å². The number of ether oxygens (including phenoxy) is 6. The van der Waals surface area contributed by atoms with Crippen LogP contribution >= 0.6 is 43.1 Å². The van der Waals surface area contributed by atoms with Gasteiger partial charge in [-0.2, -0.15) is 4.57 Å². The Kier molecular flexibility index (Phi) is 46.5. The molecule has 4 heterocycles. The second kappa shape index (κ2) is 53.7. The first-order valence-corrected chi connectivity index (χ1v) is 41.8. The second-order valence-corrected chi connectivity index (χ2v) is 30.7. The standard InChI is InChI=1S/C65H100N10O26P4S.HI.H2O/c1-88-102(80,81)98-45-41-90-37-39-92-43-47-100-104(84,85)96-35-15-7-3-5-9-19-57(76)26-31-73-52-55(68-70-73)50-66-64(78)94-33-17-28-72-30-25-54(59-21-11-12-22-60(59)72)49-63-75(61-23-13-14-24-62(61)106-63)29-18-34-95-65(79)67-51-56-53-74(71-69-56)32-27-58(77)20-10-6-4-8-16-36-97-105(86,87)101-48-44-93-40-38-91-42-46-99-103(82,83)89-2;;/h11-14,21-25,30,49,52-53H,3-10,15-20,26-29,31-48,50-51H2,1-2H3,(H5-,66,67,78,79,80,81,82,83,84,85,86,87);1H;1H2/i/hT. The molecule has 37 nitrogen and oxygen atoms in total. The van der Waals surface area contributed by atoms with E-state index in [4.69, 9.17) is 63.2 Å². The Bertz CT molecular complexity index is 3690. The number of nitrogens with zero attached hydrogens (tertiary/aromatic N) is 8. The van der Waals surface area contributed by atoms with Gasteiger partial charge in [0.25, 0.3) is 0 Å². The number of carbonyl (C=O) groups is 4. The third kappa shape index (κ3) is 40.4. The summed E-state index contributed by atoms with van der Waals surface area (Å²) in [6, 6.07) is 18.4. The fourth-order valence-corrected chi connectivity index (χ4v) is 13.5. The molecule has 8 N–H and O–H groups in total. The van der Waals surface area contributed by atoms with E-state index in [9.17, 15) is 47.2 Å². The van der Waals surface area contributed by atoms with E-state index in [1.807, 2.05) is 30.5 Å². The van der Waals surface area contributed by atoms with Gasteiger partial charge in [-0.3, -0.25) is 55.1 Å². The summed E-state index contributed by atoms with van der Waals surface area (Å²) < 4.78 is 126. The van der Waals surface area contributed by atoms with Gasteiger partial charge in [0.15, 0.2) is 12.7 Å². The number of alkyl carbamates (subject to hydrolysis) is 2. The van der Waals surface area contributed by atoms with E-state index in [0.29, 0.717) is 88.9 Å². The molecule has 2 amide bonds. The summed E-state index contributed by atoms with van der Waals surface area (Å²) in [7, 11) is -14.5. The number of aromatic nitrogens is 7. The van der Waals surface area contributed by atoms with Gasteiger partial charge in [0.1, 0.15) is 23.0 Å². The third-order valence-electron chi connectivity index (χ3n) is 15.5. The Morgan fingerprint density at radius 1 is 0.509 bits per heavy atom. The second-order valence-electron chi connectivity index (χ2n) is 23.6. The topological polar surface area (TPSA) is 471 Å². The fourth-order valence-electron chi connectivity index (χ4n) is 10.1. The predicted molar refractivity (Wildman–Crippen MR) is 388 cm³/mol. The number of thioether (sulfide) groups is 1. The summed E-state index contributed by atoms with van der Waals surface area (Å²) in [5.41, 5.74) is 10.4. The zero-order valence-corrected chi connectivity index (χ0v) is 67.3. The molecule has 2 aromatic carbocycles. The number of phosphoric ester groups is 4. The average molecular weight is 1740 g/mol. The van der Waals surface area contributed by atoms with E-state index in [0.717, 1.165) is 84.8 Å². The summed E-state index contributed by atoms with van der Waals surface area (Å²) in [6.07, 6.45) is 16.1. The molecule has 0 saturated carbocycles. The van der Waals surface area contributed by atoms with Gasteiger partial charge in [-0.1, -0.05) is 85.0 Å². The molecule has 0 fully saturated rings. The molecular formula is C65H103IN10O27P4S. The maximum atomic E-state index is 12.8. The number of hydrogen-bond acceptors (Lipinski definition) is 28. The van der Waals surface area contributed by atoms with E-state index in [-0.39, 0.29) is 167 Å². The van der Waals surface area contributed by atoms with E-state index in [2.05, 4.69) is 95.2 Å². The minimum absolute atomic E-state index is 0. The number of ketones is 2. The average Bonchev–Trinajstić information content (AvgIpc) is 1.70. The molecule has 4 atom stereocenters. The van der Waals surface area contributed by atoms with E-state index in [1.165, 1.54) is 0 Å². The first-order valence-electron chi connectivity index (χ1n) is 35.5. The normalized spacial score (nSPS) is 14.7. The van der Waals surface area contributed by atoms with Crippen molar-refractivity contribution >= 4 is 89.5 Å². The number of rotatable bonds is 61. The minimum atomic E-state index is -4.24. The summed E-state index contributed by atoms with van der Waals surface area (Å²) in [4.78, 5) is 92.1. The summed E-state index contributed by atoms with van der Waals surface area (Å²) in [5.74, 6) is 0.174. The van der Waals surface area contributed by atoms with Crippen LogP contribution in [0.5, 0.6) is 0 Å². The summed E-state index contributed by atoms with van der Waals surface area (Å²) in [6.45, 7) is 2.62. The first kappa shape index (κ1) is 93.5. The van der Waals surface area contributed by atoms with Gasteiger partial charge in [-0.15, -0.1) is 10.2 Å². The lowest BCUT2D eigenvalue weighted by atomic mass is 10.1. The van der Waals surface area contributed by atoms with Crippen molar-refractivity contribution in [3.8, 4) is 0 Å². The Labute approximate surface area is 650 Å². The number of anilines is 1. The SMILES string of the molecule is COP(=O)(O)OCCOCCOCCOP(=O)(O)OCCCCCCCC(=O)CCn1cc(CNC(=O)OCCCN2C(=Cc3cc[n+](CCCOC(=O)NCc4cn(CCC(=O)CCCCCCCOP(=O)(O)OCCOCCOCCOP(=O)(O)OC)nn4)c4ccccc34)Sc3ccccc32)nn1.[3H]O.[I-]. The molecule has 608 valence electrons. The third-order valence-corrected chi connectivity index (χ3v) is 20.6. The minimum Gasteiger partial charge on any atom is -1.00 e. The number of Topliss-reactive ketones (excluding diaryl/α,β-unsaturated/α-hetero) is 2. The van der Waals surface area contributed by atoms with Crippen LogP contribution in [0.2, 0.25) is 0 Å². The lowest BCUT2D eigenvalue weighted by Crippen LogP contribution is -3.00. The molecule has 5 aromatic rings. The van der Waals surface area contributed by atoms with Crippen LogP contribution in [0.25, 0.3) is 17.0 Å². The number of amides is 2. The molecule has 0 bridgehead atoms. The highest BCUT2D eigenvalue weighted by molar-refractivity contribution is 8.03. The van der Waals surface area contributed by atoms with Gasteiger partial charge >= 0.3 is 43.5 Å². The van der Waals surface area contributed by atoms with Crippen molar-refractivity contribution in [2.45, 2.75) is 140 Å². The monoisotopic (exact) mass is 1740 g/mol. The highest BCUT2D eigenvalue weighted by Crippen LogP contribution is 2.48. The molecule has 0 radical (unpaired) electrons. The summed E-state index contributed by atoms with van der Waals surface area (Å²) >= 11 is 1.67. The Balaban J connectivity index is 0.00000829. The number of halogens is 1. The predicted octanol–water partition coefficient (Wildman–Crippen LogP) is 5.49. The zero-order valence-electron chi connectivity index (χ0n) is 61.7. The van der Waals surface area contributed by atoms with E-state index in [1.54, 1.807) is 33.5 Å². The number of para-hydroxylation sites is 2. The molecular weight excluding hydrogens is 1640 g/mol. The van der Waals surface area contributed by atoms with Crippen molar-refractivity contribution in [2.75, 3.05) is 131 Å². The van der Waals surface area contributed by atoms with Gasteiger partial charge in [0.2, 0.25) is 6.95 Å². The van der Waals surface area contributed by atoms with Crippen molar-refractivity contribution in [1.82, 2.24) is 40.6 Å². The van der Waals surface area contributed by atoms with Gasteiger partial charge in [-0.25, -0.2) is 27.8 Å². The number of phosphoric acid groups is 4. The Morgan fingerprint density at radius 3 is 1.44 bits per heavy atom. The van der Waals surface area contributed by atoms with Crippen LogP contribution in [0.15, 0.2) is 83.1 Å². The van der Waals surface area contributed by atoms with E-state index < -0.39 is 43.5 Å². The number of pyridine rings is 1.